The van der Waals surface area contributed by atoms with E-state index in [1.807, 2.05) is 4.90 Å². The zero-order valence-electron chi connectivity index (χ0n) is 47.8. The molecule has 0 unspecified atom stereocenters. The second-order valence-corrected chi connectivity index (χ2v) is 23.1. The van der Waals surface area contributed by atoms with Crippen LogP contribution in [0.15, 0.2) is 77.9 Å². The Balaban J connectivity index is 0.000000202. The molecule has 6 N–H and O–H groups in total. The number of aromatic nitrogens is 4. The van der Waals surface area contributed by atoms with Crippen molar-refractivity contribution in [2.75, 3.05) is 26.2 Å². The third-order valence-electron chi connectivity index (χ3n) is 15.5. The molecule has 454 valence electrons. The van der Waals surface area contributed by atoms with E-state index >= 15 is 0 Å². The molecule has 6 aromatic rings. The van der Waals surface area contributed by atoms with Gasteiger partial charge >= 0.3 is 0 Å². The van der Waals surface area contributed by atoms with Gasteiger partial charge in [0.2, 0.25) is 35.4 Å². The minimum Gasteiger partial charge on any atom is -0.364 e. The second-order valence-electron chi connectivity index (χ2n) is 22.3. The van der Waals surface area contributed by atoms with Crippen molar-refractivity contribution >= 4 is 92.3 Å². The first-order valence-electron chi connectivity index (χ1n) is 28.6. The number of hydrogen-bond donors (Lipinski definition) is 4. The molecule has 1 atom stereocenters. The molecular formula is C60H68Cl2F2N14O8. The highest BCUT2D eigenvalue weighted by Gasteiger charge is 2.36. The van der Waals surface area contributed by atoms with Gasteiger partial charge in [-0.05, 0) is 109 Å². The summed E-state index contributed by atoms with van der Waals surface area (Å²) in [4.78, 5) is 108. The van der Waals surface area contributed by atoms with E-state index in [0.29, 0.717) is 22.3 Å². The van der Waals surface area contributed by atoms with Crippen molar-refractivity contribution in [3.05, 3.63) is 139 Å². The van der Waals surface area contributed by atoms with Crippen LogP contribution >= 0.6 is 23.2 Å². The summed E-state index contributed by atoms with van der Waals surface area (Å²) >= 11 is 11.6. The molecule has 0 radical (unpaired) electrons. The van der Waals surface area contributed by atoms with Crippen molar-refractivity contribution in [2.24, 2.45) is 28.4 Å². The molecule has 1 aliphatic heterocycles. The predicted molar refractivity (Wildman–Crippen MR) is 317 cm³/mol. The van der Waals surface area contributed by atoms with Crippen molar-refractivity contribution in [1.29, 1.82) is 0 Å². The molecule has 4 aliphatic rings. The van der Waals surface area contributed by atoms with E-state index in [0.717, 1.165) is 63.1 Å². The van der Waals surface area contributed by atoms with E-state index in [9.17, 15) is 47.1 Å². The van der Waals surface area contributed by atoms with Crippen molar-refractivity contribution in [1.82, 2.24) is 44.9 Å². The van der Waals surface area contributed by atoms with Gasteiger partial charge in [0, 0.05) is 70.6 Å². The van der Waals surface area contributed by atoms with Crippen LogP contribution in [0.3, 0.4) is 0 Å². The van der Waals surface area contributed by atoms with E-state index in [4.69, 9.17) is 40.2 Å². The smallest absolute Gasteiger partial charge is 0.269 e. The lowest BCUT2D eigenvalue weighted by atomic mass is 9.91. The fraction of sp³-hybridized carbons (Fsp3) is 0.433. The Morgan fingerprint density at radius 1 is 0.663 bits per heavy atom. The first-order valence-corrected chi connectivity index (χ1v) is 29.4. The van der Waals surface area contributed by atoms with Crippen molar-refractivity contribution in [2.45, 2.75) is 129 Å². The zero-order chi connectivity index (χ0) is 61.8. The molecule has 2 aromatic heterocycles. The van der Waals surface area contributed by atoms with Crippen LogP contribution in [0.2, 0.25) is 10.0 Å². The molecule has 0 bridgehead atoms. The number of amides is 8. The fourth-order valence-electron chi connectivity index (χ4n) is 10.6. The zero-order valence-corrected chi connectivity index (χ0v) is 49.3. The predicted octanol–water partition coefficient (Wildman–Crippen LogP) is 8.31. The number of nitrogens with two attached hydrogens (primary N) is 2. The van der Waals surface area contributed by atoms with E-state index in [2.05, 4.69) is 44.7 Å². The number of benzene rings is 4. The maximum Gasteiger partial charge on any atom is 0.269 e. The van der Waals surface area contributed by atoms with E-state index in [1.165, 1.54) is 93.7 Å². The SMILES string of the molecule is CC1CCCCC1.C[C@H]1CCCN(C(=O)Cc2ccc3c(c2)c(C(N)=O)nn3CC(=O)N(CC(=O)NCc2cccc(Cl)c2F)C2CC2)C1.[N-]=[N+]=NC(=O)c1ccc2c(c1)c(C(N)=O)nn2CC(=O)N(CC(=O)NCc1cccc(Cl)c1F)C1CC1. The van der Waals surface area contributed by atoms with Gasteiger partial charge in [-0.1, -0.05) is 99.5 Å². The molecule has 3 saturated carbocycles. The molecule has 8 amide bonds. The molecule has 26 heteroatoms. The minimum atomic E-state index is -0.878. The summed E-state index contributed by atoms with van der Waals surface area (Å²) in [6, 6.07) is 18.2. The lowest BCUT2D eigenvalue weighted by molar-refractivity contribution is -0.137. The molecule has 0 spiro atoms. The monoisotopic (exact) mass is 1220 g/mol. The molecule has 4 aromatic carbocycles. The maximum absolute atomic E-state index is 14.2. The van der Waals surface area contributed by atoms with Gasteiger partial charge in [0.15, 0.2) is 11.4 Å². The first kappa shape index (κ1) is 63.5. The Morgan fingerprint density at radius 3 is 1.60 bits per heavy atom. The maximum atomic E-state index is 14.2. The Kier molecular flexibility index (Phi) is 21.5. The Hall–Kier alpha value is -8.47. The first-order chi connectivity index (χ1) is 41.2. The lowest BCUT2D eigenvalue weighted by Gasteiger charge is -2.31. The van der Waals surface area contributed by atoms with Crippen LogP contribution in [0.5, 0.6) is 0 Å². The summed E-state index contributed by atoms with van der Waals surface area (Å²) in [5.41, 5.74) is 21.5. The van der Waals surface area contributed by atoms with Crippen LogP contribution < -0.4 is 22.1 Å². The third-order valence-corrected chi connectivity index (χ3v) is 16.1. The Morgan fingerprint density at radius 2 is 1.15 bits per heavy atom. The lowest BCUT2D eigenvalue weighted by Crippen LogP contribution is -2.43. The normalized spacial score (nSPS) is 15.7. The summed E-state index contributed by atoms with van der Waals surface area (Å²) in [7, 11) is 0. The highest BCUT2D eigenvalue weighted by atomic mass is 35.5. The average Bonchev–Trinajstić information content (AvgIpc) is 3.38. The number of halogens is 4. The van der Waals surface area contributed by atoms with Crippen molar-refractivity contribution in [3.63, 3.8) is 0 Å². The summed E-state index contributed by atoms with van der Waals surface area (Å²) < 4.78 is 30.9. The van der Waals surface area contributed by atoms with Gasteiger partial charge in [-0.25, -0.2) is 8.78 Å². The molecule has 86 heavy (non-hydrogen) atoms. The van der Waals surface area contributed by atoms with E-state index in [-0.39, 0.29) is 113 Å². The van der Waals surface area contributed by atoms with Crippen LogP contribution in [-0.4, -0.2) is 120 Å². The van der Waals surface area contributed by atoms with Crippen molar-refractivity contribution in [3.8, 4) is 0 Å². The standard InChI is InChI=1S/C30H34ClFN6O4.C23H20ClFN8O4.C7H14/c1-18-4-3-11-36(15-18)26(40)13-19-7-10-24-22(12-19)29(30(33)42)35-38(24)17-27(41)37(21-8-9-21)16-25(39)34-14-20-5-2-6-23(31)28(20)32;24-16-3-1-2-13(20(16)25)9-28-18(34)10-32(14-5-6-14)19(35)11-33-17-7-4-12(23(37)29-31-27)8-15(17)21(30-33)22(26)36;1-7-5-3-2-4-6-7/h2,5-7,10,12,18,21H,3-4,8-9,11,13-17H2,1H3,(H2,33,42)(H,34,39);1-4,7-8,14H,5-6,9-11H2,(H2,26,36)(H,28,34);7H,2-6H2,1H3/t18-;;/m0../s1. The number of likely N-dealkylation sites (tertiary alicyclic amines) is 1. The number of hydrogen-bond acceptors (Lipinski definition) is 10. The van der Waals surface area contributed by atoms with Crippen molar-refractivity contribution < 1.29 is 47.1 Å². The summed E-state index contributed by atoms with van der Waals surface area (Å²) in [6.45, 7) is 4.85. The van der Waals surface area contributed by atoms with E-state index < -0.39 is 47.1 Å². The molecule has 4 fully saturated rings. The number of nitrogens with zero attached hydrogens (tertiary/aromatic N) is 10. The van der Waals surface area contributed by atoms with Gasteiger partial charge in [-0.2, -0.15) is 10.2 Å². The van der Waals surface area contributed by atoms with Gasteiger partial charge in [0.1, 0.15) is 24.7 Å². The van der Waals surface area contributed by atoms with E-state index in [1.54, 1.807) is 30.3 Å². The number of azide groups is 1. The number of fused-ring (bicyclic) bond motifs is 2. The third kappa shape index (κ3) is 16.7. The summed E-state index contributed by atoms with van der Waals surface area (Å²) in [6.07, 6.45) is 12.7. The highest BCUT2D eigenvalue weighted by Crippen LogP contribution is 2.30. The fourth-order valence-corrected chi connectivity index (χ4v) is 11.0. The quantitative estimate of drug-likeness (QED) is 0.0341. The topological polar surface area (TPSA) is 307 Å². The highest BCUT2D eigenvalue weighted by molar-refractivity contribution is 6.31. The van der Waals surface area contributed by atoms with Crippen LogP contribution in [-0.2, 0) is 56.6 Å². The van der Waals surface area contributed by atoms with Gasteiger partial charge < -0.3 is 36.8 Å². The minimum absolute atomic E-state index is 0.0120. The molecule has 10 rings (SSSR count). The van der Waals surface area contributed by atoms with Gasteiger partial charge in [-0.15, -0.1) is 0 Å². The van der Waals surface area contributed by atoms with Crippen LogP contribution in [0.25, 0.3) is 32.2 Å². The van der Waals surface area contributed by atoms with Crippen LogP contribution in [0.1, 0.15) is 133 Å². The Labute approximate surface area is 504 Å². The number of carbonyl (C=O) groups is 8. The van der Waals surface area contributed by atoms with Gasteiger partial charge in [0.25, 0.3) is 11.8 Å². The molecule has 1 saturated heterocycles. The van der Waals surface area contributed by atoms with Gasteiger partial charge in [-0.3, -0.25) is 47.7 Å². The number of carbonyl (C=O) groups excluding carboxylic acids is 8. The second kappa shape index (κ2) is 29.1. The number of nitrogens with one attached hydrogen (secondary N) is 2. The Bertz CT molecular complexity index is 3610. The molecule has 3 aliphatic carbocycles. The molecular weight excluding hydrogens is 1150 g/mol. The molecule has 3 heterocycles. The summed E-state index contributed by atoms with van der Waals surface area (Å²) in [5, 5.41) is 17.3. The number of primary amides is 2. The van der Waals surface area contributed by atoms with Crippen LogP contribution in [0, 0.1) is 23.5 Å². The largest absolute Gasteiger partial charge is 0.364 e. The number of piperidine rings is 1. The molecule has 22 nitrogen and oxygen atoms in total. The average molecular weight is 1220 g/mol. The van der Waals surface area contributed by atoms with Gasteiger partial charge in [0.05, 0.1) is 40.6 Å². The van der Waals surface area contributed by atoms with Crippen LogP contribution in [0.4, 0.5) is 8.78 Å². The summed E-state index contributed by atoms with van der Waals surface area (Å²) in [5.74, 6) is -3.86. The number of rotatable bonds is 19.